The number of hydrogen-bond donors (Lipinski definition) is 2. The van der Waals surface area contributed by atoms with Crippen LogP contribution in [0.4, 0.5) is 5.69 Å². The van der Waals surface area contributed by atoms with Crippen LogP contribution in [-0.2, 0) is 10.0 Å². The molecule has 0 aliphatic heterocycles. The highest BCUT2D eigenvalue weighted by Gasteiger charge is 2.18. The van der Waals surface area contributed by atoms with Gasteiger partial charge in [0.1, 0.15) is 4.90 Å². The zero-order valence-electron chi connectivity index (χ0n) is 12.7. The molecule has 0 aliphatic rings. The van der Waals surface area contributed by atoms with Crippen LogP contribution in [0.25, 0.3) is 0 Å². The van der Waals surface area contributed by atoms with E-state index in [-0.39, 0.29) is 10.8 Å². The molecule has 2 rings (SSSR count). The molecule has 0 radical (unpaired) electrons. The molecule has 2 N–H and O–H groups in total. The summed E-state index contributed by atoms with van der Waals surface area (Å²) in [4.78, 5) is 0.130. The maximum atomic E-state index is 12.3. The zero-order valence-corrected chi connectivity index (χ0v) is 13.5. The molecule has 0 fully saturated rings. The van der Waals surface area contributed by atoms with Crippen LogP contribution in [0, 0.1) is 0 Å². The fourth-order valence-electron chi connectivity index (χ4n) is 2.10. The van der Waals surface area contributed by atoms with Crippen molar-refractivity contribution in [1.29, 1.82) is 0 Å². The van der Waals surface area contributed by atoms with Crippen LogP contribution in [0.15, 0.2) is 35.5 Å². The second-order valence-electron chi connectivity index (χ2n) is 5.70. The van der Waals surface area contributed by atoms with Crippen LogP contribution in [0.1, 0.15) is 50.7 Å². The Morgan fingerprint density at radius 1 is 1.14 bits per heavy atom. The Hall–Kier alpha value is -1.82. The number of rotatable bonds is 5. The first kappa shape index (κ1) is 15.6. The molecule has 1 heterocycles. The average molecular weight is 307 g/mol. The van der Waals surface area contributed by atoms with Crippen molar-refractivity contribution in [1.82, 2.24) is 10.2 Å². The summed E-state index contributed by atoms with van der Waals surface area (Å²) in [6, 6.07) is 5.87. The number of hydrogen-bond acceptors (Lipinski definition) is 3. The normalized spacial score (nSPS) is 12.1. The van der Waals surface area contributed by atoms with E-state index in [1.54, 1.807) is 0 Å². The van der Waals surface area contributed by atoms with E-state index in [0.29, 0.717) is 11.6 Å². The second-order valence-corrected chi connectivity index (χ2v) is 7.38. The molecule has 0 spiro atoms. The van der Waals surface area contributed by atoms with Gasteiger partial charge in [-0.25, -0.2) is 8.42 Å². The molecule has 0 saturated heterocycles. The largest absolute Gasteiger partial charge is 0.284 e. The molecule has 5 nitrogen and oxygen atoms in total. The van der Waals surface area contributed by atoms with Gasteiger partial charge >= 0.3 is 0 Å². The first-order valence-electron chi connectivity index (χ1n) is 6.96. The number of H-pyrrole nitrogens is 1. The standard InChI is InChI=1S/C15H21N3O2S/c1-10(2)12-5-6-15(14(7-12)11(3)4)18-21(19,20)13-8-16-17-9-13/h5-11,18H,1-4H3,(H,16,17). The zero-order chi connectivity index (χ0) is 15.6. The molecule has 1 aromatic carbocycles. The molecule has 21 heavy (non-hydrogen) atoms. The summed E-state index contributed by atoms with van der Waals surface area (Å²) >= 11 is 0. The van der Waals surface area contributed by atoms with E-state index in [9.17, 15) is 8.42 Å². The van der Waals surface area contributed by atoms with Gasteiger partial charge in [0.15, 0.2) is 0 Å². The molecule has 0 unspecified atom stereocenters. The molecule has 0 saturated carbocycles. The lowest BCUT2D eigenvalue weighted by Crippen LogP contribution is -2.14. The molecule has 1 aromatic heterocycles. The van der Waals surface area contributed by atoms with Crippen LogP contribution in [-0.4, -0.2) is 18.6 Å². The number of aromatic amines is 1. The number of nitrogens with zero attached hydrogens (tertiary/aromatic N) is 1. The SMILES string of the molecule is CC(C)c1ccc(NS(=O)(=O)c2cn[nH]c2)c(C(C)C)c1. The third-order valence-electron chi connectivity index (χ3n) is 3.39. The predicted octanol–water partition coefficient (Wildman–Crippen LogP) is 3.46. The molecule has 6 heteroatoms. The maximum absolute atomic E-state index is 12.3. The monoisotopic (exact) mass is 307 g/mol. The predicted molar refractivity (Wildman–Crippen MR) is 84.0 cm³/mol. The summed E-state index contributed by atoms with van der Waals surface area (Å²) in [6.45, 7) is 8.34. The van der Waals surface area contributed by atoms with Gasteiger partial charge in [0.2, 0.25) is 0 Å². The summed E-state index contributed by atoms with van der Waals surface area (Å²) in [5, 5.41) is 6.19. The van der Waals surface area contributed by atoms with E-state index in [2.05, 4.69) is 48.7 Å². The van der Waals surface area contributed by atoms with Crippen molar-refractivity contribution in [3.63, 3.8) is 0 Å². The van der Waals surface area contributed by atoms with Crippen molar-refractivity contribution >= 4 is 15.7 Å². The van der Waals surface area contributed by atoms with E-state index in [0.717, 1.165) is 5.56 Å². The smallest absolute Gasteiger partial charge is 0.265 e. The van der Waals surface area contributed by atoms with E-state index < -0.39 is 10.0 Å². The summed E-state index contributed by atoms with van der Waals surface area (Å²) < 4.78 is 27.2. The van der Waals surface area contributed by atoms with Gasteiger partial charge < -0.3 is 0 Å². The topological polar surface area (TPSA) is 74.8 Å². The lowest BCUT2D eigenvalue weighted by Gasteiger charge is -2.17. The molecule has 2 aromatic rings. The lowest BCUT2D eigenvalue weighted by molar-refractivity contribution is 0.601. The number of aromatic nitrogens is 2. The van der Waals surface area contributed by atoms with Gasteiger partial charge in [0.25, 0.3) is 10.0 Å². The van der Waals surface area contributed by atoms with Crippen molar-refractivity contribution in [2.75, 3.05) is 4.72 Å². The first-order valence-corrected chi connectivity index (χ1v) is 8.45. The van der Waals surface area contributed by atoms with Crippen LogP contribution < -0.4 is 4.72 Å². The highest BCUT2D eigenvalue weighted by molar-refractivity contribution is 7.92. The van der Waals surface area contributed by atoms with Gasteiger partial charge in [-0.15, -0.1) is 0 Å². The van der Waals surface area contributed by atoms with Gasteiger partial charge in [0, 0.05) is 6.20 Å². The number of nitrogens with one attached hydrogen (secondary N) is 2. The lowest BCUT2D eigenvalue weighted by atomic mass is 9.94. The molecule has 0 amide bonds. The van der Waals surface area contributed by atoms with Gasteiger partial charge in [-0.1, -0.05) is 39.8 Å². The molecule has 0 atom stereocenters. The molecular formula is C15H21N3O2S. The Balaban J connectivity index is 2.40. The third-order valence-corrected chi connectivity index (χ3v) is 4.72. The summed E-state index contributed by atoms with van der Waals surface area (Å²) in [6.07, 6.45) is 2.65. The van der Waals surface area contributed by atoms with Crippen LogP contribution in [0.3, 0.4) is 0 Å². The average Bonchev–Trinajstić information content (AvgIpc) is 2.92. The number of benzene rings is 1. The minimum atomic E-state index is -3.60. The van der Waals surface area contributed by atoms with Gasteiger partial charge in [0.05, 0.1) is 11.9 Å². The fourth-order valence-corrected chi connectivity index (χ4v) is 3.09. The van der Waals surface area contributed by atoms with Crippen molar-refractivity contribution < 1.29 is 8.42 Å². The minimum absolute atomic E-state index is 0.130. The minimum Gasteiger partial charge on any atom is -0.284 e. The summed E-state index contributed by atoms with van der Waals surface area (Å²) in [7, 11) is -3.60. The van der Waals surface area contributed by atoms with Crippen molar-refractivity contribution in [2.45, 2.75) is 44.4 Å². The van der Waals surface area contributed by atoms with Gasteiger partial charge in [-0.2, -0.15) is 5.10 Å². The van der Waals surface area contributed by atoms with Gasteiger partial charge in [-0.05, 0) is 29.0 Å². The van der Waals surface area contributed by atoms with Crippen molar-refractivity contribution in [3.05, 3.63) is 41.7 Å². The molecule has 0 bridgehead atoms. The Bertz CT molecular complexity index is 705. The fraction of sp³-hybridized carbons (Fsp3) is 0.400. The summed E-state index contributed by atoms with van der Waals surface area (Å²) in [5.41, 5.74) is 2.81. The second kappa shape index (κ2) is 5.89. The van der Waals surface area contributed by atoms with Crippen molar-refractivity contribution in [3.8, 4) is 0 Å². The highest BCUT2D eigenvalue weighted by Crippen LogP contribution is 2.29. The summed E-state index contributed by atoms with van der Waals surface area (Å²) in [5.74, 6) is 0.632. The Morgan fingerprint density at radius 3 is 2.38 bits per heavy atom. The quantitative estimate of drug-likeness (QED) is 0.888. The number of sulfonamides is 1. The molecular weight excluding hydrogens is 286 g/mol. The highest BCUT2D eigenvalue weighted by atomic mass is 32.2. The Labute approximate surface area is 125 Å². The van der Waals surface area contributed by atoms with Crippen LogP contribution in [0.2, 0.25) is 0 Å². The third kappa shape index (κ3) is 3.44. The molecule has 114 valence electrons. The Kier molecular flexibility index (Phi) is 4.37. The number of anilines is 1. The van der Waals surface area contributed by atoms with Crippen LogP contribution >= 0.6 is 0 Å². The van der Waals surface area contributed by atoms with E-state index in [1.165, 1.54) is 18.0 Å². The maximum Gasteiger partial charge on any atom is 0.265 e. The van der Waals surface area contributed by atoms with Crippen LogP contribution in [0.5, 0.6) is 0 Å². The van der Waals surface area contributed by atoms with Crippen molar-refractivity contribution in [2.24, 2.45) is 0 Å². The van der Waals surface area contributed by atoms with E-state index in [1.807, 2.05) is 12.1 Å². The first-order chi connectivity index (χ1) is 9.81. The van der Waals surface area contributed by atoms with E-state index >= 15 is 0 Å². The van der Waals surface area contributed by atoms with E-state index in [4.69, 9.17) is 0 Å². The van der Waals surface area contributed by atoms with Gasteiger partial charge in [-0.3, -0.25) is 9.82 Å². The Morgan fingerprint density at radius 2 is 1.86 bits per heavy atom. The molecule has 0 aliphatic carbocycles.